The predicted octanol–water partition coefficient (Wildman–Crippen LogP) is 3.47. The van der Waals surface area contributed by atoms with Gasteiger partial charge in [-0.3, -0.25) is 4.79 Å². The van der Waals surface area contributed by atoms with Crippen molar-refractivity contribution in [3.8, 4) is 5.75 Å². The summed E-state index contributed by atoms with van der Waals surface area (Å²) in [6.07, 6.45) is -0.891. The molecule has 1 amide bonds. The smallest absolute Gasteiger partial charge is 0.251 e. The summed E-state index contributed by atoms with van der Waals surface area (Å²) < 4.78 is 18.6. The first-order chi connectivity index (χ1) is 11.2. The summed E-state index contributed by atoms with van der Waals surface area (Å²) in [4.78, 5) is 12.1. The van der Waals surface area contributed by atoms with Crippen molar-refractivity contribution in [2.75, 3.05) is 6.54 Å². The van der Waals surface area contributed by atoms with Crippen LogP contribution in [0.5, 0.6) is 5.75 Å². The largest absolute Gasteiger partial charge is 0.488 e. The fourth-order valence-electron chi connectivity index (χ4n) is 2.12. The van der Waals surface area contributed by atoms with E-state index >= 15 is 0 Å². The molecule has 0 saturated carbocycles. The molecule has 0 fully saturated rings. The van der Waals surface area contributed by atoms with Gasteiger partial charge in [0.2, 0.25) is 0 Å². The molecule has 2 rings (SSSR count). The predicted molar refractivity (Wildman–Crippen MR) is 90.5 cm³/mol. The molecule has 0 radical (unpaired) electrons. The van der Waals surface area contributed by atoms with Crippen molar-refractivity contribution >= 4 is 5.91 Å². The molecule has 0 aromatic heterocycles. The Balaban J connectivity index is 1.91. The lowest BCUT2D eigenvalue weighted by Gasteiger charge is -2.21. The Kier molecular flexibility index (Phi) is 5.57. The first kappa shape index (κ1) is 17.9. The van der Waals surface area contributed by atoms with E-state index in [0.717, 1.165) is 0 Å². The summed E-state index contributed by atoms with van der Waals surface area (Å²) in [5.41, 5.74) is 0.719. The molecule has 0 bridgehead atoms. The first-order valence-corrected chi connectivity index (χ1v) is 7.75. The maximum atomic E-state index is 12.9. The zero-order chi connectivity index (χ0) is 17.7. The summed E-state index contributed by atoms with van der Waals surface area (Å²) in [7, 11) is 0. The molecule has 5 heteroatoms. The number of halogens is 1. The van der Waals surface area contributed by atoms with Gasteiger partial charge in [0.05, 0.1) is 6.10 Å². The van der Waals surface area contributed by atoms with Crippen molar-refractivity contribution < 1.29 is 19.0 Å². The van der Waals surface area contributed by atoms with Crippen molar-refractivity contribution in [2.24, 2.45) is 0 Å². The molecule has 2 N–H and O–H groups in total. The molecule has 2 aromatic rings. The minimum Gasteiger partial charge on any atom is -0.488 e. The SMILES string of the molecule is CC(C)(C)Oc1ccc(C(=O)NCC(O)c2ccc(F)cc2)cc1. The number of rotatable bonds is 5. The topological polar surface area (TPSA) is 58.6 Å². The highest BCUT2D eigenvalue weighted by atomic mass is 19.1. The number of ether oxygens (including phenoxy) is 1. The van der Waals surface area contributed by atoms with Gasteiger partial charge in [-0.05, 0) is 62.7 Å². The van der Waals surface area contributed by atoms with E-state index in [1.54, 1.807) is 24.3 Å². The maximum absolute atomic E-state index is 12.9. The molecular formula is C19H22FNO3. The number of hydrogen-bond donors (Lipinski definition) is 2. The Morgan fingerprint density at radius 3 is 2.25 bits per heavy atom. The number of amides is 1. The van der Waals surface area contributed by atoms with E-state index in [1.807, 2.05) is 20.8 Å². The minimum atomic E-state index is -0.891. The lowest BCUT2D eigenvalue weighted by molar-refractivity contribution is 0.0916. The fourth-order valence-corrected chi connectivity index (χ4v) is 2.12. The highest BCUT2D eigenvalue weighted by Gasteiger charge is 2.13. The van der Waals surface area contributed by atoms with Crippen molar-refractivity contribution in [1.29, 1.82) is 0 Å². The zero-order valence-corrected chi connectivity index (χ0v) is 14.0. The zero-order valence-electron chi connectivity index (χ0n) is 14.0. The van der Waals surface area contributed by atoms with E-state index in [0.29, 0.717) is 16.9 Å². The summed E-state index contributed by atoms with van der Waals surface area (Å²) in [5.74, 6) is 0.0245. The molecule has 2 aromatic carbocycles. The number of aliphatic hydroxyl groups is 1. The van der Waals surface area contributed by atoms with Gasteiger partial charge < -0.3 is 15.2 Å². The van der Waals surface area contributed by atoms with E-state index in [9.17, 15) is 14.3 Å². The van der Waals surface area contributed by atoms with Gasteiger partial charge in [-0.2, -0.15) is 0 Å². The lowest BCUT2D eigenvalue weighted by Crippen LogP contribution is -2.28. The molecule has 128 valence electrons. The van der Waals surface area contributed by atoms with Gasteiger partial charge in [0.15, 0.2) is 0 Å². The van der Waals surface area contributed by atoms with Gasteiger partial charge >= 0.3 is 0 Å². The van der Waals surface area contributed by atoms with Crippen molar-refractivity contribution in [3.63, 3.8) is 0 Å². The second kappa shape index (κ2) is 7.45. The number of hydrogen-bond acceptors (Lipinski definition) is 3. The molecular weight excluding hydrogens is 309 g/mol. The van der Waals surface area contributed by atoms with Gasteiger partial charge in [-0.1, -0.05) is 12.1 Å². The van der Waals surface area contributed by atoms with E-state index in [-0.39, 0.29) is 23.9 Å². The van der Waals surface area contributed by atoms with E-state index < -0.39 is 6.10 Å². The van der Waals surface area contributed by atoms with Crippen LogP contribution in [0.15, 0.2) is 48.5 Å². The monoisotopic (exact) mass is 331 g/mol. The molecule has 0 aliphatic rings. The van der Waals surface area contributed by atoms with Crippen LogP contribution in [-0.2, 0) is 0 Å². The van der Waals surface area contributed by atoms with E-state index in [2.05, 4.69) is 5.32 Å². The molecule has 24 heavy (non-hydrogen) atoms. The lowest BCUT2D eigenvalue weighted by atomic mass is 10.1. The standard InChI is InChI=1S/C19H22FNO3/c1-19(2,3)24-16-10-6-14(7-11-16)18(23)21-12-17(22)13-4-8-15(20)9-5-13/h4-11,17,22H,12H2,1-3H3,(H,21,23). The third-order valence-corrected chi connectivity index (χ3v) is 3.25. The van der Waals surface area contributed by atoms with Gasteiger partial charge in [-0.25, -0.2) is 4.39 Å². The van der Waals surface area contributed by atoms with Crippen LogP contribution >= 0.6 is 0 Å². The molecule has 4 nitrogen and oxygen atoms in total. The number of aliphatic hydroxyl groups excluding tert-OH is 1. The van der Waals surface area contributed by atoms with Crippen molar-refractivity contribution in [3.05, 3.63) is 65.5 Å². The second-order valence-corrected chi connectivity index (χ2v) is 6.52. The Labute approximate surface area is 141 Å². The molecule has 0 aliphatic carbocycles. The Bertz CT molecular complexity index is 675. The minimum absolute atomic E-state index is 0.0463. The molecule has 0 aliphatic heterocycles. The fraction of sp³-hybridized carbons (Fsp3) is 0.316. The summed E-state index contributed by atoms with van der Waals surface area (Å²) >= 11 is 0. The van der Waals surface area contributed by atoms with Gasteiger partial charge in [0.25, 0.3) is 5.91 Å². The van der Waals surface area contributed by atoms with E-state index in [4.69, 9.17) is 4.74 Å². The second-order valence-electron chi connectivity index (χ2n) is 6.52. The highest BCUT2D eigenvalue weighted by Crippen LogP contribution is 2.18. The Morgan fingerprint density at radius 2 is 1.71 bits per heavy atom. The van der Waals surface area contributed by atoms with Crippen LogP contribution in [0.25, 0.3) is 0 Å². The summed E-state index contributed by atoms with van der Waals surface area (Å²) in [6, 6.07) is 12.3. The molecule has 1 unspecified atom stereocenters. The molecule has 0 spiro atoms. The van der Waals surface area contributed by atoms with Crippen LogP contribution in [-0.4, -0.2) is 23.2 Å². The van der Waals surface area contributed by atoms with E-state index in [1.165, 1.54) is 24.3 Å². The average Bonchev–Trinajstić information content (AvgIpc) is 2.52. The number of benzene rings is 2. The van der Waals surface area contributed by atoms with Crippen LogP contribution in [0.2, 0.25) is 0 Å². The average molecular weight is 331 g/mol. The van der Waals surface area contributed by atoms with Crippen LogP contribution in [0.1, 0.15) is 42.8 Å². The summed E-state index contributed by atoms with van der Waals surface area (Å²) in [5, 5.41) is 12.7. The van der Waals surface area contributed by atoms with Crippen molar-refractivity contribution in [1.82, 2.24) is 5.32 Å². The van der Waals surface area contributed by atoms with Crippen LogP contribution < -0.4 is 10.1 Å². The quantitative estimate of drug-likeness (QED) is 0.882. The first-order valence-electron chi connectivity index (χ1n) is 7.75. The molecule has 0 saturated heterocycles. The number of carbonyl (C=O) groups is 1. The Hall–Kier alpha value is -2.40. The van der Waals surface area contributed by atoms with Gasteiger partial charge in [-0.15, -0.1) is 0 Å². The van der Waals surface area contributed by atoms with Gasteiger partial charge in [0, 0.05) is 12.1 Å². The maximum Gasteiger partial charge on any atom is 0.251 e. The normalized spacial score (nSPS) is 12.5. The third-order valence-electron chi connectivity index (χ3n) is 3.25. The van der Waals surface area contributed by atoms with Crippen LogP contribution in [0.3, 0.4) is 0 Å². The third kappa shape index (κ3) is 5.35. The number of nitrogens with one attached hydrogen (secondary N) is 1. The van der Waals surface area contributed by atoms with Crippen LogP contribution in [0.4, 0.5) is 4.39 Å². The Morgan fingerprint density at radius 1 is 1.12 bits per heavy atom. The molecule has 0 heterocycles. The van der Waals surface area contributed by atoms with Crippen molar-refractivity contribution in [2.45, 2.75) is 32.5 Å². The molecule has 1 atom stereocenters. The van der Waals surface area contributed by atoms with Crippen LogP contribution in [0, 0.1) is 5.82 Å². The highest BCUT2D eigenvalue weighted by molar-refractivity contribution is 5.94. The summed E-state index contributed by atoms with van der Waals surface area (Å²) in [6.45, 7) is 5.89. The van der Waals surface area contributed by atoms with Gasteiger partial charge in [0.1, 0.15) is 17.2 Å². The number of carbonyl (C=O) groups excluding carboxylic acids is 1.